The Labute approximate surface area is 113 Å². The molecular formula is C12H15N3O5. The van der Waals surface area contributed by atoms with E-state index < -0.39 is 28.7 Å². The minimum Gasteiger partial charge on any atom is -0.480 e. The van der Waals surface area contributed by atoms with E-state index >= 15 is 0 Å². The number of piperidine rings is 1. The number of likely N-dealkylation sites (tertiary alicyclic amines) is 1. The molecule has 1 atom stereocenters. The third-order valence-electron chi connectivity index (χ3n) is 3.65. The lowest BCUT2D eigenvalue weighted by Gasteiger charge is -2.41. The van der Waals surface area contributed by atoms with Crippen molar-refractivity contribution in [3.8, 4) is 0 Å². The van der Waals surface area contributed by atoms with Gasteiger partial charge in [-0.25, -0.2) is 9.59 Å². The SMILES string of the molecule is CC1(C(=O)O)CCCCN1C(=O)c1c[nH]c(=O)[nH]c1=O. The van der Waals surface area contributed by atoms with E-state index in [9.17, 15) is 24.3 Å². The first kappa shape index (κ1) is 14.0. The van der Waals surface area contributed by atoms with Gasteiger partial charge in [-0.3, -0.25) is 14.6 Å². The zero-order valence-corrected chi connectivity index (χ0v) is 10.9. The molecule has 2 rings (SSSR count). The van der Waals surface area contributed by atoms with Crippen molar-refractivity contribution >= 4 is 11.9 Å². The predicted molar refractivity (Wildman–Crippen MR) is 68.6 cm³/mol. The number of H-pyrrole nitrogens is 2. The zero-order valence-electron chi connectivity index (χ0n) is 10.9. The first-order valence-corrected chi connectivity index (χ1v) is 6.23. The number of aromatic amines is 2. The minimum atomic E-state index is -1.34. The number of carboxylic acids is 1. The van der Waals surface area contributed by atoms with Crippen LogP contribution in [0, 0.1) is 0 Å². The molecule has 3 N–H and O–H groups in total. The van der Waals surface area contributed by atoms with Crippen molar-refractivity contribution in [1.29, 1.82) is 0 Å². The number of nitrogens with one attached hydrogen (secondary N) is 2. The molecule has 20 heavy (non-hydrogen) atoms. The summed E-state index contributed by atoms with van der Waals surface area (Å²) in [6.07, 6.45) is 2.72. The Kier molecular flexibility index (Phi) is 3.47. The molecule has 0 bridgehead atoms. The molecule has 1 saturated heterocycles. The van der Waals surface area contributed by atoms with E-state index in [4.69, 9.17) is 0 Å². The van der Waals surface area contributed by atoms with Gasteiger partial charge in [0.15, 0.2) is 0 Å². The summed E-state index contributed by atoms with van der Waals surface area (Å²) in [6.45, 7) is 1.73. The molecule has 1 fully saturated rings. The van der Waals surface area contributed by atoms with Gasteiger partial charge < -0.3 is 15.0 Å². The summed E-state index contributed by atoms with van der Waals surface area (Å²) in [4.78, 5) is 51.7. The normalized spacial score (nSPS) is 22.6. The molecule has 108 valence electrons. The number of amides is 1. The molecule has 1 aromatic heterocycles. The van der Waals surface area contributed by atoms with Crippen LogP contribution in [0.5, 0.6) is 0 Å². The molecule has 1 unspecified atom stereocenters. The fourth-order valence-electron chi connectivity index (χ4n) is 2.38. The lowest BCUT2D eigenvalue weighted by molar-refractivity contribution is -0.150. The summed E-state index contributed by atoms with van der Waals surface area (Å²) in [5, 5.41) is 9.34. The Morgan fingerprint density at radius 3 is 2.65 bits per heavy atom. The van der Waals surface area contributed by atoms with Crippen molar-refractivity contribution in [3.05, 3.63) is 32.6 Å². The molecular weight excluding hydrogens is 266 g/mol. The number of carbonyl (C=O) groups excluding carboxylic acids is 1. The Bertz CT molecular complexity index is 662. The van der Waals surface area contributed by atoms with Crippen LogP contribution in [0.4, 0.5) is 0 Å². The fourth-order valence-corrected chi connectivity index (χ4v) is 2.38. The van der Waals surface area contributed by atoms with Crippen molar-refractivity contribution in [1.82, 2.24) is 14.9 Å². The smallest absolute Gasteiger partial charge is 0.329 e. The summed E-state index contributed by atoms with van der Waals surface area (Å²) in [5.74, 6) is -1.79. The van der Waals surface area contributed by atoms with Crippen molar-refractivity contribution in [2.24, 2.45) is 0 Å². The molecule has 1 aliphatic heterocycles. The summed E-state index contributed by atoms with van der Waals surface area (Å²) in [5.41, 5.74) is -3.14. The van der Waals surface area contributed by atoms with Gasteiger partial charge in [0.05, 0.1) is 0 Å². The van der Waals surface area contributed by atoms with Gasteiger partial charge in [0.2, 0.25) is 0 Å². The molecule has 0 spiro atoms. The van der Waals surface area contributed by atoms with Crippen LogP contribution in [0.3, 0.4) is 0 Å². The molecule has 0 saturated carbocycles. The highest BCUT2D eigenvalue weighted by Gasteiger charge is 2.44. The fraction of sp³-hybridized carbons (Fsp3) is 0.500. The Morgan fingerprint density at radius 2 is 2.05 bits per heavy atom. The number of nitrogens with zero attached hydrogens (tertiary/aromatic N) is 1. The van der Waals surface area contributed by atoms with Crippen molar-refractivity contribution in [2.75, 3.05) is 6.54 Å². The monoisotopic (exact) mass is 281 g/mol. The summed E-state index contributed by atoms with van der Waals surface area (Å²) in [6, 6.07) is 0. The van der Waals surface area contributed by atoms with Gasteiger partial charge in [0, 0.05) is 12.7 Å². The van der Waals surface area contributed by atoms with Crippen LogP contribution in [-0.4, -0.2) is 43.9 Å². The van der Waals surface area contributed by atoms with E-state index in [-0.39, 0.29) is 12.1 Å². The lowest BCUT2D eigenvalue weighted by atomic mass is 9.88. The van der Waals surface area contributed by atoms with Gasteiger partial charge in [-0.2, -0.15) is 0 Å². The summed E-state index contributed by atoms with van der Waals surface area (Å²) < 4.78 is 0. The average molecular weight is 281 g/mol. The molecule has 0 aliphatic carbocycles. The first-order valence-electron chi connectivity index (χ1n) is 6.23. The van der Waals surface area contributed by atoms with Gasteiger partial charge >= 0.3 is 11.7 Å². The number of carboxylic acid groups (broad SMARTS) is 1. The number of hydrogen-bond acceptors (Lipinski definition) is 4. The molecule has 1 amide bonds. The highest BCUT2D eigenvalue weighted by atomic mass is 16.4. The Morgan fingerprint density at radius 1 is 1.35 bits per heavy atom. The van der Waals surface area contributed by atoms with Gasteiger partial charge in [0.25, 0.3) is 11.5 Å². The van der Waals surface area contributed by atoms with Crippen molar-refractivity contribution in [3.63, 3.8) is 0 Å². The quantitative estimate of drug-likeness (QED) is 0.676. The maximum Gasteiger partial charge on any atom is 0.329 e. The lowest BCUT2D eigenvalue weighted by Crippen LogP contribution is -2.58. The molecule has 1 aliphatic rings. The molecule has 0 radical (unpaired) electrons. The van der Waals surface area contributed by atoms with E-state index in [1.54, 1.807) is 0 Å². The Balaban J connectivity index is 2.43. The topological polar surface area (TPSA) is 123 Å². The highest BCUT2D eigenvalue weighted by molar-refractivity contribution is 5.97. The van der Waals surface area contributed by atoms with Crippen LogP contribution in [0.25, 0.3) is 0 Å². The van der Waals surface area contributed by atoms with Crippen LogP contribution in [0.1, 0.15) is 36.5 Å². The number of aromatic nitrogens is 2. The molecule has 8 heteroatoms. The van der Waals surface area contributed by atoms with Gasteiger partial charge in [-0.1, -0.05) is 0 Å². The van der Waals surface area contributed by atoms with Crippen LogP contribution in [0.2, 0.25) is 0 Å². The maximum atomic E-state index is 12.4. The third-order valence-corrected chi connectivity index (χ3v) is 3.65. The molecule has 0 aromatic carbocycles. The van der Waals surface area contributed by atoms with E-state index in [2.05, 4.69) is 4.98 Å². The first-order chi connectivity index (χ1) is 9.36. The molecule has 1 aromatic rings. The van der Waals surface area contributed by atoms with Crippen molar-refractivity contribution in [2.45, 2.75) is 31.7 Å². The number of rotatable bonds is 2. The van der Waals surface area contributed by atoms with Crippen molar-refractivity contribution < 1.29 is 14.7 Å². The second kappa shape index (κ2) is 4.95. The van der Waals surface area contributed by atoms with E-state index in [1.165, 1.54) is 11.8 Å². The average Bonchev–Trinajstić information content (AvgIpc) is 2.38. The Hall–Kier alpha value is -2.38. The van der Waals surface area contributed by atoms with E-state index in [1.807, 2.05) is 4.98 Å². The predicted octanol–water partition coefficient (Wildman–Crippen LogP) is -0.467. The molecule has 8 nitrogen and oxygen atoms in total. The largest absolute Gasteiger partial charge is 0.480 e. The second-order valence-corrected chi connectivity index (χ2v) is 4.98. The second-order valence-electron chi connectivity index (χ2n) is 4.98. The number of carbonyl (C=O) groups is 2. The van der Waals surface area contributed by atoms with Crippen LogP contribution in [0.15, 0.2) is 15.8 Å². The van der Waals surface area contributed by atoms with Crippen LogP contribution in [-0.2, 0) is 4.79 Å². The van der Waals surface area contributed by atoms with E-state index in [0.29, 0.717) is 19.3 Å². The highest BCUT2D eigenvalue weighted by Crippen LogP contribution is 2.29. The molecule has 2 heterocycles. The maximum absolute atomic E-state index is 12.4. The summed E-state index contributed by atoms with van der Waals surface area (Å²) >= 11 is 0. The standard InChI is InChI=1S/C12H15N3O5/c1-12(10(18)19)4-2-3-5-15(12)9(17)7-6-13-11(20)14-8(7)16/h6H,2-5H2,1H3,(H,18,19)(H2,13,14,16,20). The zero-order chi connectivity index (χ0) is 14.9. The van der Waals surface area contributed by atoms with Gasteiger partial charge in [0.1, 0.15) is 11.1 Å². The van der Waals surface area contributed by atoms with E-state index in [0.717, 1.165) is 6.20 Å². The van der Waals surface area contributed by atoms with Gasteiger partial charge in [-0.05, 0) is 26.2 Å². The van der Waals surface area contributed by atoms with Gasteiger partial charge in [-0.15, -0.1) is 0 Å². The van der Waals surface area contributed by atoms with Crippen LogP contribution >= 0.6 is 0 Å². The summed E-state index contributed by atoms with van der Waals surface area (Å²) in [7, 11) is 0. The minimum absolute atomic E-state index is 0.264. The number of aliphatic carboxylic acids is 1. The number of hydrogen-bond donors (Lipinski definition) is 3. The van der Waals surface area contributed by atoms with Crippen LogP contribution < -0.4 is 11.2 Å². The third kappa shape index (κ3) is 2.24.